The first-order chi connectivity index (χ1) is 7.68. The SMILES string of the molecule is CC(NCc1sccc1N)c1nncn1C. The molecule has 0 spiro atoms. The molecule has 2 aromatic rings. The van der Waals surface area contributed by atoms with Gasteiger partial charge in [-0.15, -0.1) is 21.5 Å². The molecule has 0 amide bonds. The van der Waals surface area contributed by atoms with Crippen molar-refractivity contribution >= 4 is 17.0 Å². The number of nitrogen functional groups attached to an aromatic ring is 1. The Kier molecular flexibility index (Phi) is 3.21. The van der Waals surface area contributed by atoms with Crippen LogP contribution in [0.2, 0.25) is 0 Å². The molecule has 6 heteroatoms. The third-order valence-electron chi connectivity index (χ3n) is 2.48. The van der Waals surface area contributed by atoms with Gasteiger partial charge in [-0.05, 0) is 18.4 Å². The zero-order valence-electron chi connectivity index (χ0n) is 9.34. The summed E-state index contributed by atoms with van der Waals surface area (Å²) < 4.78 is 1.91. The van der Waals surface area contributed by atoms with Gasteiger partial charge in [0.1, 0.15) is 12.2 Å². The van der Waals surface area contributed by atoms with Gasteiger partial charge in [0.2, 0.25) is 0 Å². The van der Waals surface area contributed by atoms with Crippen LogP contribution >= 0.6 is 11.3 Å². The molecule has 2 heterocycles. The molecule has 0 saturated heterocycles. The van der Waals surface area contributed by atoms with Gasteiger partial charge in [0.05, 0.1) is 6.04 Å². The maximum Gasteiger partial charge on any atom is 0.149 e. The van der Waals surface area contributed by atoms with Crippen molar-refractivity contribution in [2.45, 2.75) is 19.5 Å². The molecular weight excluding hydrogens is 222 g/mol. The summed E-state index contributed by atoms with van der Waals surface area (Å²) in [7, 11) is 1.94. The Balaban J connectivity index is 1.97. The zero-order chi connectivity index (χ0) is 11.5. The number of thiophene rings is 1. The Hall–Kier alpha value is -1.40. The number of aryl methyl sites for hydroxylation is 1. The highest BCUT2D eigenvalue weighted by Crippen LogP contribution is 2.19. The molecule has 0 bridgehead atoms. The highest BCUT2D eigenvalue weighted by molar-refractivity contribution is 7.10. The molecule has 0 aliphatic heterocycles. The molecule has 2 aromatic heterocycles. The Morgan fingerprint density at radius 2 is 2.44 bits per heavy atom. The summed E-state index contributed by atoms with van der Waals surface area (Å²) in [4.78, 5) is 1.16. The average Bonchev–Trinajstić information content (AvgIpc) is 2.84. The van der Waals surface area contributed by atoms with Crippen LogP contribution in [0.5, 0.6) is 0 Å². The Labute approximate surface area is 98.3 Å². The number of rotatable bonds is 4. The number of nitrogens with one attached hydrogen (secondary N) is 1. The van der Waals surface area contributed by atoms with Crippen molar-refractivity contribution in [2.24, 2.45) is 7.05 Å². The largest absolute Gasteiger partial charge is 0.398 e. The van der Waals surface area contributed by atoms with E-state index in [0.717, 1.165) is 22.9 Å². The number of nitrogens with zero attached hydrogens (tertiary/aromatic N) is 3. The van der Waals surface area contributed by atoms with Gasteiger partial charge in [-0.25, -0.2) is 0 Å². The summed E-state index contributed by atoms with van der Waals surface area (Å²) in [5.41, 5.74) is 6.66. The number of nitrogens with two attached hydrogens (primary N) is 1. The van der Waals surface area contributed by atoms with E-state index in [2.05, 4.69) is 22.4 Å². The van der Waals surface area contributed by atoms with Crippen LogP contribution < -0.4 is 11.1 Å². The van der Waals surface area contributed by atoms with E-state index in [0.29, 0.717) is 0 Å². The van der Waals surface area contributed by atoms with Crippen molar-refractivity contribution in [2.75, 3.05) is 5.73 Å². The summed E-state index contributed by atoms with van der Waals surface area (Å²) in [6.45, 7) is 2.82. The fraction of sp³-hybridized carbons (Fsp3) is 0.400. The van der Waals surface area contributed by atoms with Crippen molar-refractivity contribution in [1.82, 2.24) is 20.1 Å². The highest BCUT2D eigenvalue weighted by atomic mass is 32.1. The predicted octanol–water partition coefficient (Wildman–Crippen LogP) is 1.31. The highest BCUT2D eigenvalue weighted by Gasteiger charge is 2.11. The van der Waals surface area contributed by atoms with Gasteiger partial charge >= 0.3 is 0 Å². The third-order valence-corrected chi connectivity index (χ3v) is 3.42. The quantitative estimate of drug-likeness (QED) is 0.841. The van der Waals surface area contributed by atoms with Crippen LogP contribution in [0.25, 0.3) is 0 Å². The number of hydrogen-bond acceptors (Lipinski definition) is 5. The average molecular weight is 237 g/mol. The van der Waals surface area contributed by atoms with Gasteiger partial charge in [-0.2, -0.15) is 0 Å². The molecule has 0 aliphatic carbocycles. The normalized spacial score (nSPS) is 12.9. The van der Waals surface area contributed by atoms with Gasteiger partial charge in [0, 0.05) is 24.2 Å². The standard InChI is InChI=1S/C10H15N5S/c1-7(10-14-13-6-15(10)2)12-5-9-8(11)3-4-16-9/h3-4,6-7,12H,5,11H2,1-2H3. The molecule has 16 heavy (non-hydrogen) atoms. The molecule has 1 atom stereocenters. The number of anilines is 1. The molecule has 3 N–H and O–H groups in total. The lowest BCUT2D eigenvalue weighted by atomic mass is 10.3. The topological polar surface area (TPSA) is 68.8 Å². The van der Waals surface area contributed by atoms with E-state index in [-0.39, 0.29) is 6.04 Å². The Morgan fingerprint density at radius 1 is 1.62 bits per heavy atom. The first-order valence-corrected chi connectivity index (χ1v) is 5.95. The number of hydrogen-bond donors (Lipinski definition) is 2. The molecule has 2 rings (SSSR count). The molecule has 0 radical (unpaired) electrons. The van der Waals surface area contributed by atoms with E-state index in [1.54, 1.807) is 17.7 Å². The first kappa shape index (κ1) is 11.1. The summed E-state index contributed by atoms with van der Waals surface area (Å²) >= 11 is 1.66. The van der Waals surface area contributed by atoms with E-state index in [1.807, 2.05) is 23.1 Å². The van der Waals surface area contributed by atoms with Crippen molar-refractivity contribution in [3.8, 4) is 0 Å². The van der Waals surface area contributed by atoms with Gasteiger partial charge in [-0.3, -0.25) is 0 Å². The fourth-order valence-electron chi connectivity index (χ4n) is 1.52. The smallest absolute Gasteiger partial charge is 0.149 e. The first-order valence-electron chi connectivity index (χ1n) is 5.07. The second-order valence-corrected chi connectivity index (χ2v) is 4.70. The van der Waals surface area contributed by atoms with Crippen LogP contribution in [0, 0.1) is 0 Å². The molecule has 86 valence electrons. The van der Waals surface area contributed by atoms with Crippen molar-refractivity contribution in [1.29, 1.82) is 0 Å². The lowest BCUT2D eigenvalue weighted by Crippen LogP contribution is -2.21. The second-order valence-electron chi connectivity index (χ2n) is 3.70. The van der Waals surface area contributed by atoms with E-state index in [4.69, 9.17) is 5.73 Å². The van der Waals surface area contributed by atoms with Crippen molar-refractivity contribution < 1.29 is 0 Å². The minimum absolute atomic E-state index is 0.161. The van der Waals surface area contributed by atoms with Gasteiger partial charge in [-0.1, -0.05) is 0 Å². The third kappa shape index (κ3) is 2.23. The minimum atomic E-state index is 0.161. The summed E-state index contributed by atoms with van der Waals surface area (Å²) in [5.74, 6) is 0.926. The molecule has 1 unspecified atom stereocenters. The van der Waals surface area contributed by atoms with E-state index in [9.17, 15) is 0 Å². The molecular formula is C10H15N5S. The molecule has 0 aromatic carbocycles. The van der Waals surface area contributed by atoms with Crippen LogP contribution in [-0.2, 0) is 13.6 Å². The molecule has 0 fully saturated rings. The zero-order valence-corrected chi connectivity index (χ0v) is 10.2. The van der Waals surface area contributed by atoms with Crippen molar-refractivity contribution in [3.63, 3.8) is 0 Å². The van der Waals surface area contributed by atoms with E-state index >= 15 is 0 Å². The lowest BCUT2D eigenvalue weighted by molar-refractivity contribution is 0.532. The van der Waals surface area contributed by atoms with Crippen LogP contribution in [0.15, 0.2) is 17.8 Å². The Bertz CT molecular complexity index is 461. The van der Waals surface area contributed by atoms with Crippen LogP contribution in [0.4, 0.5) is 5.69 Å². The Morgan fingerprint density at radius 3 is 3.00 bits per heavy atom. The predicted molar refractivity (Wildman–Crippen MR) is 65.0 cm³/mol. The monoisotopic (exact) mass is 237 g/mol. The molecule has 0 saturated carbocycles. The lowest BCUT2D eigenvalue weighted by Gasteiger charge is -2.12. The molecule has 0 aliphatic rings. The van der Waals surface area contributed by atoms with Crippen LogP contribution in [0.3, 0.4) is 0 Å². The van der Waals surface area contributed by atoms with E-state index < -0.39 is 0 Å². The van der Waals surface area contributed by atoms with E-state index in [1.165, 1.54) is 0 Å². The van der Waals surface area contributed by atoms with Crippen molar-refractivity contribution in [3.05, 3.63) is 28.5 Å². The van der Waals surface area contributed by atoms with Crippen LogP contribution in [0.1, 0.15) is 23.7 Å². The maximum atomic E-state index is 5.81. The van der Waals surface area contributed by atoms with Gasteiger partial charge < -0.3 is 15.6 Å². The minimum Gasteiger partial charge on any atom is -0.398 e. The molecule has 5 nitrogen and oxygen atoms in total. The fourth-order valence-corrected chi connectivity index (χ4v) is 2.27. The van der Waals surface area contributed by atoms with Gasteiger partial charge in [0.15, 0.2) is 0 Å². The van der Waals surface area contributed by atoms with Crippen LogP contribution in [-0.4, -0.2) is 14.8 Å². The number of aromatic nitrogens is 3. The summed E-state index contributed by atoms with van der Waals surface area (Å²) in [6.07, 6.45) is 1.70. The maximum absolute atomic E-state index is 5.81. The summed E-state index contributed by atoms with van der Waals surface area (Å²) in [6, 6.07) is 2.09. The summed E-state index contributed by atoms with van der Waals surface area (Å²) in [5, 5.41) is 13.3. The second kappa shape index (κ2) is 4.63. The van der Waals surface area contributed by atoms with Gasteiger partial charge in [0.25, 0.3) is 0 Å².